The molecule has 0 atom stereocenters. The Bertz CT molecular complexity index is 923. The van der Waals surface area contributed by atoms with E-state index in [0.29, 0.717) is 5.82 Å². The van der Waals surface area contributed by atoms with Crippen molar-refractivity contribution in [1.82, 2.24) is 19.1 Å². The molecule has 1 N–H and O–H groups in total. The lowest BCUT2D eigenvalue weighted by Crippen LogP contribution is -2.33. The third-order valence-electron chi connectivity index (χ3n) is 4.69. The molecule has 2 heterocycles. The van der Waals surface area contributed by atoms with Crippen molar-refractivity contribution in [3.63, 3.8) is 0 Å². The summed E-state index contributed by atoms with van der Waals surface area (Å²) in [5.41, 5.74) is -1.06. The smallest absolute Gasteiger partial charge is 0.329 e. The van der Waals surface area contributed by atoms with Crippen LogP contribution in [0, 0.1) is 5.41 Å². The maximum absolute atomic E-state index is 12.6. The lowest BCUT2D eigenvalue weighted by molar-refractivity contribution is -0.156. The highest BCUT2D eigenvalue weighted by Crippen LogP contribution is 2.34. The third kappa shape index (κ3) is 3.12. The Morgan fingerprint density at radius 3 is 2.52 bits per heavy atom. The van der Waals surface area contributed by atoms with Gasteiger partial charge in [-0.05, 0) is 33.6 Å². The first-order valence-corrected chi connectivity index (χ1v) is 8.57. The molecule has 8 heteroatoms. The Morgan fingerprint density at radius 2 is 1.92 bits per heavy atom. The second-order valence-electron chi connectivity index (χ2n) is 7.68. The molecule has 0 unspecified atom stereocenters. The van der Waals surface area contributed by atoms with Gasteiger partial charge in [-0.3, -0.25) is 23.7 Å². The van der Waals surface area contributed by atoms with Gasteiger partial charge in [0.2, 0.25) is 0 Å². The van der Waals surface area contributed by atoms with Crippen LogP contribution in [0.15, 0.2) is 9.59 Å². The Kier molecular flexibility index (Phi) is 4.30. The molecule has 25 heavy (non-hydrogen) atoms. The number of carbonyl (C=O) groups is 1. The van der Waals surface area contributed by atoms with E-state index in [1.54, 1.807) is 25.3 Å². The second kappa shape index (κ2) is 6.16. The molecule has 0 amide bonds. The van der Waals surface area contributed by atoms with Crippen molar-refractivity contribution in [3.8, 4) is 0 Å². The number of esters is 1. The number of ether oxygens (including phenoxy) is 1. The first kappa shape index (κ1) is 17.4. The van der Waals surface area contributed by atoms with Gasteiger partial charge < -0.3 is 4.74 Å². The fourth-order valence-electron chi connectivity index (χ4n) is 3.18. The van der Waals surface area contributed by atoms with Gasteiger partial charge in [-0.2, -0.15) is 0 Å². The minimum atomic E-state index is -0.636. The maximum Gasteiger partial charge on any atom is 0.329 e. The zero-order chi connectivity index (χ0) is 18.4. The standard InChI is InChI=1S/C17H24N4O4/c1-17(2,3)15(23)25-9-21-11-12(19-16(24)20(4)14(11)22)18-13(21)10-7-5-6-8-10/h10H,5-9H2,1-4H3,(H,19,24). The topological polar surface area (TPSA) is 99.0 Å². The predicted molar refractivity (Wildman–Crippen MR) is 92.4 cm³/mol. The number of aromatic nitrogens is 4. The molecule has 3 rings (SSSR count). The lowest BCUT2D eigenvalue weighted by Gasteiger charge is -2.18. The first-order valence-electron chi connectivity index (χ1n) is 8.57. The van der Waals surface area contributed by atoms with Crippen LogP contribution in [0.2, 0.25) is 0 Å². The summed E-state index contributed by atoms with van der Waals surface area (Å²) in [5.74, 6) is 0.551. The number of nitrogens with one attached hydrogen (secondary N) is 1. The van der Waals surface area contributed by atoms with E-state index in [4.69, 9.17) is 4.74 Å². The van der Waals surface area contributed by atoms with Gasteiger partial charge in [0.05, 0.1) is 5.41 Å². The number of imidazole rings is 1. The SMILES string of the molecule is Cn1c(=O)[nH]c2nc(C3CCCC3)n(COC(=O)C(C)(C)C)c2c1=O. The molecule has 136 valence electrons. The van der Waals surface area contributed by atoms with Gasteiger partial charge in [0.15, 0.2) is 17.9 Å². The second-order valence-corrected chi connectivity index (χ2v) is 7.68. The highest BCUT2D eigenvalue weighted by molar-refractivity contribution is 5.75. The van der Waals surface area contributed by atoms with Crippen LogP contribution >= 0.6 is 0 Å². The van der Waals surface area contributed by atoms with Crippen molar-refractivity contribution in [3.05, 3.63) is 26.7 Å². The summed E-state index contributed by atoms with van der Waals surface area (Å²) < 4.78 is 8.08. The number of rotatable bonds is 3. The molecule has 0 aromatic carbocycles. The van der Waals surface area contributed by atoms with Gasteiger partial charge in [0, 0.05) is 13.0 Å². The third-order valence-corrected chi connectivity index (χ3v) is 4.69. The van der Waals surface area contributed by atoms with Crippen LogP contribution in [0.25, 0.3) is 11.2 Å². The van der Waals surface area contributed by atoms with Crippen LogP contribution in [-0.4, -0.2) is 25.1 Å². The number of carbonyl (C=O) groups excluding carboxylic acids is 1. The normalized spacial score (nSPS) is 15.8. The van der Waals surface area contributed by atoms with E-state index in [9.17, 15) is 14.4 Å². The van der Waals surface area contributed by atoms with E-state index in [-0.39, 0.29) is 29.8 Å². The molecule has 1 saturated carbocycles. The summed E-state index contributed by atoms with van der Waals surface area (Å²) in [7, 11) is 1.41. The molecule has 2 aromatic heterocycles. The van der Waals surface area contributed by atoms with E-state index < -0.39 is 16.7 Å². The van der Waals surface area contributed by atoms with E-state index in [0.717, 1.165) is 30.3 Å². The monoisotopic (exact) mass is 348 g/mol. The molecular formula is C17H24N4O4. The zero-order valence-electron chi connectivity index (χ0n) is 15.1. The van der Waals surface area contributed by atoms with Gasteiger partial charge >= 0.3 is 11.7 Å². The van der Waals surface area contributed by atoms with E-state index in [2.05, 4.69) is 9.97 Å². The Labute approximate surface area is 144 Å². The number of H-pyrrole nitrogens is 1. The highest BCUT2D eigenvalue weighted by atomic mass is 16.5. The number of nitrogens with zero attached hydrogens (tertiary/aromatic N) is 3. The van der Waals surface area contributed by atoms with Gasteiger partial charge in [0.25, 0.3) is 5.56 Å². The van der Waals surface area contributed by atoms with Crippen molar-refractivity contribution < 1.29 is 9.53 Å². The molecule has 1 fully saturated rings. The quantitative estimate of drug-likeness (QED) is 0.850. The first-order chi connectivity index (χ1) is 11.7. The summed E-state index contributed by atoms with van der Waals surface area (Å²) in [6.45, 7) is 5.24. The van der Waals surface area contributed by atoms with Crippen LogP contribution in [0.5, 0.6) is 0 Å². The average Bonchev–Trinajstić information content (AvgIpc) is 3.16. The zero-order valence-corrected chi connectivity index (χ0v) is 15.1. The van der Waals surface area contributed by atoms with Gasteiger partial charge in [0.1, 0.15) is 5.82 Å². The molecule has 0 saturated heterocycles. The predicted octanol–water partition coefficient (Wildman–Crippen LogP) is 1.63. The molecule has 1 aliphatic carbocycles. The number of fused-ring (bicyclic) bond motifs is 1. The minimum Gasteiger partial charge on any atom is -0.443 e. The van der Waals surface area contributed by atoms with Gasteiger partial charge in [-0.1, -0.05) is 12.8 Å². The van der Waals surface area contributed by atoms with Crippen LogP contribution in [0.4, 0.5) is 0 Å². The minimum absolute atomic E-state index is 0.0836. The molecule has 0 bridgehead atoms. The van der Waals surface area contributed by atoms with Gasteiger partial charge in [-0.15, -0.1) is 0 Å². The van der Waals surface area contributed by atoms with Crippen LogP contribution < -0.4 is 11.2 Å². The van der Waals surface area contributed by atoms with E-state index >= 15 is 0 Å². The summed E-state index contributed by atoms with van der Waals surface area (Å²) in [5, 5.41) is 0. The summed E-state index contributed by atoms with van der Waals surface area (Å²) in [6.07, 6.45) is 4.15. The fourth-order valence-corrected chi connectivity index (χ4v) is 3.18. The molecule has 2 aromatic rings. The Balaban J connectivity index is 2.11. The van der Waals surface area contributed by atoms with Crippen molar-refractivity contribution in [2.24, 2.45) is 12.5 Å². The van der Waals surface area contributed by atoms with Crippen LogP contribution in [0.3, 0.4) is 0 Å². The summed E-state index contributed by atoms with van der Waals surface area (Å²) >= 11 is 0. The Hall–Kier alpha value is -2.38. The number of aromatic amines is 1. The van der Waals surface area contributed by atoms with Crippen molar-refractivity contribution in [2.75, 3.05) is 0 Å². The van der Waals surface area contributed by atoms with Gasteiger partial charge in [-0.25, -0.2) is 9.78 Å². The van der Waals surface area contributed by atoms with Crippen LogP contribution in [0.1, 0.15) is 58.2 Å². The molecule has 0 spiro atoms. The number of hydrogen-bond acceptors (Lipinski definition) is 5. The molecule has 0 radical (unpaired) electrons. The van der Waals surface area contributed by atoms with Crippen molar-refractivity contribution in [1.29, 1.82) is 0 Å². The van der Waals surface area contributed by atoms with E-state index in [1.807, 2.05) is 0 Å². The largest absolute Gasteiger partial charge is 0.443 e. The summed E-state index contributed by atoms with van der Waals surface area (Å²) in [6, 6.07) is 0. The fraction of sp³-hybridized carbons (Fsp3) is 0.647. The molecular weight excluding hydrogens is 324 g/mol. The molecule has 0 aliphatic heterocycles. The van der Waals surface area contributed by atoms with Crippen molar-refractivity contribution in [2.45, 2.75) is 59.1 Å². The highest BCUT2D eigenvalue weighted by Gasteiger charge is 2.28. The lowest BCUT2D eigenvalue weighted by atomic mass is 9.98. The van der Waals surface area contributed by atoms with Crippen molar-refractivity contribution >= 4 is 17.1 Å². The molecule has 8 nitrogen and oxygen atoms in total. The summed E-state index contributed by atoms with van der Waals surface area (Å²) in [4.78, 5) is 43.7. The average molecular weight is 348 g/mol. The van der Waals surface area contributed by atoms with Crippen LogP contribution in [-0.2, 0) is 23.3 Å². The maximum atomic E-state index is 12.6. The molecule has 1 aliphatic rings. The number of hydrogen-bond donors (Lipinski definition) is 1. The van der Waals surface area contributed by atoms with E-state index in [1.165, 1.54) is 7.05 Å². The Morgan fingerprint density at radius 1 is 1.28 bits per heavy atom.